The van der Waals surface area contributed by atoms with Gasteiger partial charge in [0.25, 0.3) is 0 Å². The van der Waals surface area contributed by atoms with Crippen LogP contribution >= 0.6 is 0 Å². The van der Waals surface area contributed by atoms with Crippen LogP contribution in [-0.4, -0.2) is 13.3 Å². The minimum Gasteiger partial charge on any atom is -0.309 e. The van der Waals surface area contributed by atoms with E-state index in [-0.39, 0.29) is 5.41 Å². The third-order valence-electron chi connectivity index (χ3n) is 6.65. The maximum Gasteiger partial charge on any atom is 0.186 e. The molecule has 1 aliphatic rings. The van der Waals surface area contributed by atoms with Gasteiger partial charge < -0.3 is 9.12 Å². The molecule has 1 aromatic heterocycles. The van der Waals surface area contributed by atoms with E-state index in [2.05, 4.69) is 73.0 Å². The second-order valence-electron chi connectivity index (χ2n) is 8.68. The minimum atomic E-state index is -2.02. The fourth-order valence-corrected chi connectivity index (χ4v) is 5.59. The Morgan fingerprint density at radius 1 is 0.742 bits per heavy atom. The monoisotopic (exact) mass is 423 g/mol. The number of para-hydroxylation sites is 1. The Balaban J connectivity index is 1.75. The number of hydrogen-bond donors (Lipinski definition) is 1. The van der Waals surface area contributed by atoms with Gasteiger partial charge in [0.1, 0.15) is 0 Å². The van der Waals surface area contributed by atoms with Crippen LogP contribution in [0.15, 0.2) is 89.8 Å². The van der Waals surface area contributed by atoms with Crippen LogP contribution in [-0.2, 0) is 16.5 Å². The predicted octanol–water partition coefficient (Wildman–Crippen LogP) is 6.67. The smallest absolute Gasteiger partial charge is 0.186 e. The van der Waals surface area contributed by atoms with Crippen molar-refractivity contribution in [3.05, 3.63) is 96.1 Å². The van der Waals surface area contributed by atoms with Gasteiger partial charge in [-0.3, -0.25) is 0 Å². The highest BCUT2D eigenvalue weighted by molar-refractivity contribution is 7.79. The lowest BCUT2D eigenvalue weighted by Crippen LogP contribution is -2.14. The van der Waals surface area contributed by atoms with Crippen molar-refractivity contribution in [1.29, 1.82) is 0 Å². The van der Waals surface area contributed by atoms with Gasteiger partial charge in [0.05, 0.1) is 15.9 Å². The van der Waals surface area contributed by atoms with E-state index >= 15 is 0 Å². The van der Waals surface area contributed by atoms with E-state index < -0.39 is 11.1 Å². The summed E-state index contributed by atoms with van der Waals surface area (Å²) >= 11 is -2.02. The highest BCUT2D eigenvalue weighted by Gasteiger charge is 2.36. The second-order valence-corrected chi connectivity index (χ2v) is 9.65. The molecule has 6 rings (SSSR count). The maximum atomic E-state index is 11.7. The van der Waals surface area contributed by atoms with Crippen LogP contribution in [0.5, 0.6) is 0 Å². The molecule has 0 fully saturated rings. The maximum absolute atomic E-state index is 11.7. The van der Waals surface area contributed by atoms with Crippen LogP contribution in [0, 0.1) is 0 Å². The van der Waals surface area contributed by atoms with Crippen molar-refractivity contribution < 1.29 is 8.76 Å². The van der Waals surface area contributed by atoms with E-state index in [0.717, 1.165) is 16.7 Å². The fraction of sp³-hybridized carbons (Fsp3) is 0.111. The first kappa shape index (κ1) is 18.6. The zero-order valence-corrected chi connectivity index (χ0v) is 18.1. The van der Waals surface area contributed by atoms with Gasteiger partial charge in [0.2, 0.25) is 0 Å². The molecule has 1 unspecified atom stereocenters. The van der Waals surface area contributed by atoms with Crippen molar-refractivity contribution in [1.82, 2.24) is 4.57 Å². The molecule has 0 saturated heterocycles. The first-order chi connectivity index (χ1) is 15.0. The number of benzene rings is 4. The molecule has 4 heteroatoms. The summed E-state index contributed by atoms with van der Waals surface area (Å²) in [5.74, 6) is 0. The number of rotatable bonds is 2. The normalized spacial score (nSPS) is 15.2. The largest absolute Gasteiger partial charge is 0.309 e. The Morgan fingerprint density at radius 3 is 2.35 bits per heavy atom. The molecular weight excluding hydrogens is 402 g/mol. The minimum absolute atomic E-state index is 0.0875. The van der Waals surface area contributed by atoms with Gasteiger partial charge in [-0.1, -0.05) is 62.4 Å². The Bertz CT molecular complexity index is 1540. The predicted molar refractivity (Wildman–Crippen MR) is 127 cm³/mol. The fourth-order valence-electron chi connectivity index (χ4n) is 5.17. The summed E-state index contributed by atoms with van der Waals surface area (Å²) in [6, 6.07) is 29.0. The van der Waals surface area contributed by atoms with Crippen LogP contribution in [0.3, 0.4) is 0 Å². The highest BCUT2D eigenvalue weighted by atomic mass is 32.2. The van der Waals surface area contributed by atoms with Crippen molar-refractivity contribution in [3.8, 4) is 16.8 Å². The van der Waals surface area contributed by atoms with Crippen molar-refractivity contribution in [2.24, 2.45) is 0 Å². The van der Waals surface area contributed by atoms with Crippen molar-refractivity contribution in [2.75, 3.05) is 0 Å². The molecule has 0 amide bonds. The molecule has 0 bridgehead atoms. The number of fused-ring (bicyclic) bond motifs is 6. The lowest BCUT2D eigenvalue weighted by atomic mass is 9.82. The van der Waals surface area contributed by atoms with Gasteiger partial charge in [-0.25, -0.2) is 4.21 Å². The summed E-state index contributed by atoms with van der Waals surface area (Å²) in [4.78, 5) is 0.400. The molecule has 5 aromatic rings. The Labute approximate surface area is 183 Å². The molecule has 31 heavy (non-hydrogen) atoms. The molecule has 0 radical (unpaired) electrons. The molecule has 1 N–H and O–H groups in total. The lowest BCUT2D eigenvalue weighted by Gasteiger charge is -2.21. The third-order valence-corrected chi connectivity index (χ3v) is 7.31. The van der Waals surface area contributed by atoms with E-state index in [4.69, 9.17) is 0 Å². The SMILES string of the molecule is CC1(C)c2ccccc2-c2cc3c4ccccc4n(-c4cccc(S(=O)O)c4)c3cc21. The molecule has 0 aliphatic heterocycles. The molecule has 152 valence electrons. The number of hydrogen-bond acceptors (Lipinski definition) is 1. The first-order valence-electron chi connectivity index (χ1n) is 10.4. The second kappa shape index (κ2) is 6.39. The highest BCUT2D eigenvalue weighted by Crippen LogP contribution is 2.50. The van der Waals surface area contributed by atoms with Gasteiger partial charge >= 0.3 is 0 Å². The van der Waals surface area contributed by atoms with Crippen LogP contribution in [0.25, 0.3) is 38.6 Å². The Kier molecular flexibility index (Phi) is 3.83. The summed E-state index contributed by atoms with van der Waals surface area (Å²) in [7, 11) is 0. The van der Waals surface area contributed by atoms with Crippen LogP contribution in [0.2, 0.25) is 0 Å². The van der Waals surface area contributed by atoms with Crippen molar-refractivity contribution in [3.63, 3.8) is 0 Å². The Morgan fingerprint density at radius 2 is 1.52 bits per heavy atom. The van der Waals surface area contributed by atoms with Crippen LogP contribution in [0.1, 0.15) is 25.0 Å². The van der Waals surface area contributed by atoms with E-state index in [0.29, 0.717) is 4.90 Å². The van der Waals surface area contributed by atoms with Crippen LogP contribution < -0.4 is 0 Å². The quantitative estimate of drug-likeness (QED) is 0.322. The van der Waals surface area contributed by atoms with Gasteiger partial charge in [0.15, 0.2) is 11.1 Å². The number of aromatic nitrogens is 1. The van der Waals surface area contributed by atoms with Gasteiger partial charge in [-0.2, -0.15) is 0 Å². The average Bonchev–Trinajstić information content (AvgIpc) is 3.22. The van der Waals surface area contributed by atoms with Crippen LogP contribution in [0.4, 0.5) is 0 Å². The average molecular weight is 424 g/mol. The molecule has 4 aromatic carbocycles. The van der Waals surface area contributed by atoms with Crippen molar-refractivity contribution >= 4 is 32.9 Å². The molecule has 1 heterocycles. The topological polar surface area (TPSA) is 42.2 Å². The van der Waals surface area contributed by atoms with E-state index in [9.17, 15) is 8.76 Å². The molecular formula is C27H21NO2S. The van der Waals surface area contributed by atoms with E-state index in [1.807, 2.05) is 18.2 Å². The van der Waals surface area contributed by atoms with E-state index in [1.165, 1.54) is 33.0 Å². The number of nitrogens with zero attached hydrogens (tertiary/aromatic N) is 1. The molecule has 0 spiro atoms. The molecule has 3 nitrogen and oxygen atoms in total. The van der Waals surface area contributed by atoms with E-state index in [1.54, 1.807) is 12.1 Å². The zero-order valence-electron chi connectivity index (χ0n) is 17.3. The summed E-state index contributed by atoms with van der Waals surface area (Å²) in [5, 5.41) is 2.37. The summed E-state index contributed by atoms with van der Waals surface area (Å²) < 4.78 is 23.6. The summed E-state index contributed by atoms with van der Waals surface area (Å²) in [6.07, 6.45) is 0. The standard InChI is InChI=1S/C27H21NO2S/c1-27(2)23-12-5-3-10-19(23)21-15-22-20-11-4-6-13-25(20)28(26(22)16-24(21)27)17-8-7-9-18(14-17)31(29)30/h3-16H,1-2H3,(H,29,30). The molecule has 0 saturated carbocycles. The van der Waals surface area contributed by atoms with Crippen molar-refractivity contribution in [2.45, 2.75) is 24.2 Å². The summed E-state index contributed by atoms with van der Waals surface area (Å²) in [6.45, 7) is 4.57. The zero-order chi connectivity index (χ0) is 21.3. The third kappa shape index (κ3) is 2.52. The van der Waals surface area contributed by atoms with Gasteiger partial charge in [0, 0.05) is 21.9 Å². The summed E-state index contributed by atoms with van der Waals surface area (Å²) in [5.41, 5.74) is 8.27. The van der Waals surface area contributed by atoms with Gasteiger partial charge in [-0.15, -0.1) is 0 Å². The first-order valence-corrected chi connectivity index (χ1v) is 11.5. The molecule has 1 atom stereocenters. The van der Waals surface area contributed by atoms with Gasteiger partial charge in [-0.05, 0) is 58.7 Å². The Hall–Kier alpha value is -3.21. The molecule has 1 aliphatic carbocycles. The lowest BCUT2D eigenvalue weighted by molar-refractivity contribution is 0.564.